The molecule has 0 aliphatic carbocycles. The number of hydrogen-bond donors (Lipinski definition) is 1. The molecule has 164 valence electrons. The van der Waals surface area contributed by atoms with Gasteiger partial charge in [0.15, 0.2) is 12.5 Å². The van der Waals surface area contributed by atoms with E-state index in [2.05, 4.69) is 4.98 Å². The third-order valence-corrected chi connectivity index (χ3v) is 5.67. The summed E-state index contributed by atoms with van der Waals surface area (Å²) in [5.74, 6) is 0. The summed E-state index contributed by atoms with van der Waals surface area (Å²) in [6.45, 7) is 0. The first-order valence-corrected chi connectivity index (χ1v) is 10.7. The molecule has 6 nitrogen and oxygen atoms in total. The van der Waals surface area contributed by atoms with Gasteiger partial charge in [0.05, 0.1) is 0 Å². The summed E-state index contributed by atoms with van der Waals surface area (Å²) in [6.07, 6.45) is 3.51. The van der Waals surface area contributed by atoms with Gasteiger partial charge in [0.1, 0.15) is 5.60 Å². The van der Waals surface area contributed by atoms with Crippen LogP contribution in [0.25, 0.3) is 0 Å². The van der Waals surface area contributed by atoms with Crippen molar-refractivity contribution in [3.63, 3.8) is 0 Å². The molecule has 0 saturated heterocycles. The summed E-state index contributed by atoms with van der Waals surface area (Å²) >= 11 is 0. The highest BCUT2D eigenvalue weighted by atomic mass is 16.7. The SMILES string of the molecule is O=c1ccn(C2C=CC(OC(c3ccccc3)(c3ccccc3)c3ccccc3)O2)c(=O)[nH]1. The summed E-state index contributed by atoms with van der Waals surface area (Å²) < 4.78 is 14.2. The third-order valence-electron chi connectivity index (χ3n) is 5.67. The maximum atomic E-state index is 12.2. The largest absolute Gasteiger partial charge is 0.330 e. The predicted molar refractivity (Wildman–Crippen MR) is 125 cm³/mol. The van der Waals surface area contributed by atoms with Crippen LogP contribution < -0.4 is 11.2 Å². The van der Waals surface area contributed by atoms with Gasteiger partial charge in [0.2, 0.25) is 0 Å². The van der Waals surface area contributed by atoms with Crippen LogP contribution in [-0.2, 0) is 15.1 Å². The summed E-state index contributed by atoms with van der Waals surface area (Å²) in [7, 11) is 0. The maximum absolute atomic E-state index is 12.2. The third kappa shape index (κ3) is 3.98. The fourth-order valence-electron chi connectivity index (χ4n) is 4.16. The first-order valence-electron chi connectivity index (χ1n) is 10.7. The van der Waals surface area contributed by atoms with E-state index in [1.54, 1.807) is 12.2 Å². The highest BCUT2D eigenvalue weighted by molar-refractivity contribution is 5.47. The maximum Gasteiger partial charge on any atom is 0.330 e. The lowest BCUT2D eigenvalue weighted by Gasteiger charge is -2.37. The van der Waals surface area contributed by atoms with Crippen LogP contribution in [0, 0.1) is 0 Å². The van der Waals surface area contributed by atoms with E-state index in [1.165, 1.54) is 16.8 Å². The van der Waals surface area contributed by atoms with Crippen molar-refractivity contribution in [3.8, 4) is 0 Å². The van der Waals surface area contributed by atoms with Crippen LogP contribution in [0.4, 0.5) is 0 Å². The summed E-state index contributed by atoms with van der Waals surface area (Å²) in [6, 6.07) is 31.2. The zero-order valence-corrected chi connectivity index (χ0v) is 17.7. The average molecular weight is 438 g/mol. The molecule has 6 heteroatoms. The monoisotopic (exact) mass is 438 g/mol. The lowest BCUT2D eigenvalue weighted by molar-refractivity contribution is -0.180. The van der Waals surface area contributed by atoms with E-state index in [0.29, 0.717) is 0 Å². The van der Waals surface area contributed by atoms with Crippen molar-refractivity contribution in [1.82, 2.24) is 9.55 Å². The van der Waals surface area contributed by atoms with E-state index < -0.39 is 29.4 Å². The van der Waals surface area contributed by atoms with Crippen LogP contribution >= 0.6 is 0 Å². The van der Waals surface area contributed by atoms with E-state index in [1.807, 2.05) is 91.0 Å². The molecule has 4 aromatic rings. The van der Waals surface area contributed by atoms with Gasteiger partial charge in [-0.3, -0.25) is 14.3 Å². The molecule has 5 rings (SSSR count). The van der Waals surface area contributed by atoms with Crippen LogP contribution in [0.15, 0.2) is 125 Å². The molecular weight excluding hydrogens is 416 g/mol. The van der Waals surface area contributed by atoms with Crippen molar-refractivity contribution in [1.29, 1.82) is 0 Å². The number of aromatic nitrogens is 2. The van der Waals surface area contributed by atoms with Crippen molar-refractivity contribution < 1.29 is 9.47 Å². The molecule has 1 aliphatic heterocycles. The minimum atomic E-state index is -0.955. The molecule has 1 N–H and O–H groups in total. The molecule has 0 spiro atoms. The molecule has 1 aromatic heterocycles. The van der Waals surface area contributed by atoms with Crippen LogP contribution in [0.1, 0.15) is 22.9 Å². The molecule has 0 saturated carbocycles. The predicted octanol–water partition coefficient (Wildman–Crippen LogP) is 3.96. The minimum Gasteiger partial charge on any atom is -0.328 e. The Kier molecular flexibility index (Phi) is 5.60. The Morgan fingerprint density at radius 3 is 1.73 bits per heavy atom. The highest BCUT2D eigenvalue weighted by Crippen LogP contribution is 2.42. The van der Waals surface area contributed by atoms with E-state index in [4.69, 9.17) is 9.47 Å². The summed E-state index contributed by atoms with van der Waals surface area (Å²) in [4.78, 5) is 25.9. The van der Waals surface area contributed by atoms with Crippen molar-refractivity contribution in [2.75, 3.05) is 0 Å². The number of benzene rings is 3. The number of H-pyrrole nitrogens is 1. The molecule has 0 fully saturated rings. The number of hydrogen-bond acceptors (Lipinski definition) is 4. The lowest BCUT2D eigenvalue weighted by Crippen LogP contribution is -2.37. The van der Waals surface area contributed by atoms with Gasteiger partial charge in [0.25, 0.3) is 5.56 Å². The zero-order valence-electron chi connectivity index (χ0n) is 17.7. The average Bonchev–Trinajstić information content (AvgIpc) is 3.32. The van der Waals surface area contributed by atoms with Crippen LogP contribution in [0.5, 0.6) is 0 Å². The Hall–Kier alpha value is -4.00. The van der Waals surface area contributed by atoms with Gasteiger partial charge in [0, 0.05) is 12.3 Å². The van der Waals surface area contributed by atoms with E-state index in [9.17, 15) is 9.59 Å². The van der Waals surface area contributed by atoms with Crippen LogP contribution in [-0.4, -0.2) is 15.8 Å². The fourth-order valence-corrected chi connectivity index (χ4v) is 4.16. The van der Waals surface area contributed by atoms with E-state index in [0.717, 1.165) is 16.7 Å². The van der Waals surface area contributed by atoms with Crippen LogP contribution in [0.3, 0.4) is 0 Å². The normalized spacial score (nSPS) is 17.8. The Bertz CT molecular complexity index is 1270. The van der Waals surface area contributed by atoms with Gasteiger partial charge in [-0.2, -0.15) is 0 Å². The second kappa shape index (κ2) is 8.86. The van der Waals surface area contributed by atoms with Gasteiger partial charge in [-0.1, -0.05) is 91.0 Å². The number of aromatic amines is 1. The molecule has 0 bridgehead atoms. The number of rotatable bonds is 6. The first-order chi connectivity index (χ1) is 16.2. The second-order valence-corrected chi connectivity index (χ2v) is 7.69. The second-order valence-electron chi connectivity index (χ2n) is 7.69. The molecule has 2 atom stereocenters. The van der Waals surface area contributed by atoms with Gasteiger partial charge >= 0.3 is 5.69 Å². The molecule has 0 amide bonds. The summed E-state index contributed by atoms with van der Waals surface area (Å²) in [5, 5.41) is 0. The van der Waals surface area contributed by atoms with Gasteiger partial charge < -0.3 is 9.47 Å². The van der Waals surface area contributed by atoms with E-state index >= 15 is 0 Å². The Balaban J connectivity index is 1.58. The Morgan fingerprint density at radius 1 is 0.727 bits per heavy atom. The van der Waals surface area contributed by atoms with Gasteiger partial charge in [-0.15, -0.1) is 0 Å². The fraction of sp³-hybridized carbons (Fsp3) is 0.111. The minimum absolute atomic E-state index is 0.456. The Labute approximate surface area is 190 Å². The smallest absolute Gasteiger partial charge is 0.328 e. The molecule has 1 aliphatic rings. The van der Waals surface area contributed by atoms with Crippen LogP contribution in [0.2, 0.25) is 0 Å². The summed E-state index contributed by atoms with van der Waals surface area (Å²) in [5.41, 5.74) is 0.890. The molecular formula is C27H22N2O4. The molecule has 0 radical (unpaired) electrons. The van der Waals surface area contributed by atoms with Crippen molar-refractivity contribution >= 4 is 0 Å². The lowest BCUT2D eigenvalue weighted by atomic mass is 9.80. The van der Waals surface area contributed by atoms with Gasteiger partial charge in [-0.25, -0.2) is 4.79 Å². The van der Waals surface area contributed by atoms with Crippen molar-refractivity contribution in [2.45, 2.75) is 18.1 Å². The number of nitrogens with one attached hydrogen (secondary N) is 1. The molecule has 33 heavy (non-hydrogen) atoms. The standard InChI is InChI=1S/C27H22N2O4/c30-23-18-19-29(26(31)28-23)24-16-17-25(32-24)33-27(20-10-4-1-5-11-20,21-12-6-2-7-13-21)22-14-8-3-9-15-22/h1-19,24-25H,(H,28,30,31). The number of ether oxygens (including phenoxy) is 2. The molecule has 3 aromatic carbocycles. The van der Waals surface area contributed by atoms with Crippen molar-refractivity contribution in [3.05, 3.63) is 153 Å². The first kappa shape index (κ1) is 20.9. The van der Waals surface area contributed by atoms with Gasteiger partial charge in [-0.05, 0) is 28.8 Å². The highest BCUT2D eigenvalue weighted by Gasteiger charge is 2.41. The Morgan fingerprint density at radius 2 is 1.24 bits per heavy atom. The topological polar surface area (TPSA) is 73.3 Å². The molecule has 2 heterocycles. The van der Waals surface area contributed by atoms with E-state index in [-0.39, 0.29) is 0 Å². The quantitative estimate of drug-likeness (QED) is 0.365. The van der Waals surface area contributed by atoms with Crippen molar-refractivity contribution in [2.24, 2.45) is 0 Å². The zero-order chi connectivity index (χ0) is 22.7. The number of nitrogens with zero attached hydrogens (tertiary/aromatic N) is 1. The molecule has 2 unspecified atom stereocenters.